The van der Waals surface area contributed by atoms with Gasteiger partial charge in [0, 0.05) is 17.6 Å². The molecule has 0 amide bonds. The lowest BCUT2D eigenvalue weighted by Crippen LogP contribution is -2.33. The van der Waals surface area contributed by atoms with Gasteiger partial charge in [0.05, 0.1) is 12.7 Å². The largest absolute Gasteiger partial charge is 0.371 e. The van der Waals surface area contributed by atoms with Crippen LogP contribution < -0.4 is 5.32 Å². The highest BCUT2D eigenvalue weighted by Gasteiger charge is 2.17. The topological polar surface area (TPSA) is 21.3 Å². The van der Waals surface area contributed by atoms with Crippen LogP contribution in [0.3, 0.4) is 0 Å². The summed E-state index contributed by atoms with van der Waals surface area (Å²) in [5, 5.41) is 3.31. The van der Waals surface area contributed by atoms with Gasteiger partial charge in [0.1, 0.15) is 0 Å². The molecule has 0 aromatic heterocycles. The predicted octanol–water partition coefficient (Wildman–Crippen LogP) is 2.53. The molecule has 1 aromatic carbocycles. The van der Waals surface area contributed by atoms with Gasteiger partial charge in [0.2, 0.25) is 0 Å². The molecule has 1 aliphatic rings. The maximum Gasteiger partial charge on any atom is 0.0960 e. The molecule has 78 valence electrons. The summed E-state index contributed by atoms with van der Waals surface area (Å²) < 4.78 is 6.78. The van der Waals surface area contributed by atoms with Crippen molar-refractivity contribution in [3.8, 4) is 0 Å². The van der Waals surface area contributed by atoms with Crippen LogP contribution in [0.1, 0.15) is 11.7 Å². The molecular formula is C10H13BrClNO. The minimum atomic E-state index is 0. The first kappa shape index (κ1) is 12.0. The van der Waals surface area contributed by atoms with Gasteiger partial charge in [0.25, 0.3) is 0 Å². The van der Waals surface area contributed by atoms with Gasteiger partial charge in [-0.05, 0) is 11.6 Å². The Kier molecular flexibility index (Phi) is 4.89. The predicted molar refractivity (Wildman–Crippen MR) is 63.0 cm³/mol. The monoisotopic (exact) mass is 277 g/mol. The van der Waals surface area contributed by atoms with E-state index in [0.717, 1.165) is 24.2 Å². The van der Waals surface area contributed by atoms with Crippen molar-refractivity contribution in [3.63, 3.8) is 0 Å². The molecule has 2 nitrogen and oxygen atoms in total. The van der Waals surface area contributed by atoms with Gasteiger partial charge in [-0.3, -0.25) is 0 Å². The Bertz CT molecular complexity index is 289. The number of morpholine rings is 1. The third-order valence-corrected chi connectivity index (χ3v) is 2.90. The maximum absolute atomic E-state index is 5.65. The Morgan fingerprint density at radius 1 is 1.36 bits per heavy atom. The van der Waals surface area contributed by atoms with Crippen LogP contribution in [-0.4, -0.2) is 19.7 Å². The van der Waals surface area contributed by atoms with Gasteiger partial charge in [-0.1, -0.05) is 34.1 Å². The summed E-state index contributed by atoms with van der Waals surface area (Å²) in [4.78, 5) is 0. The number of hydrogen-bond acceptors (Lipinski definition) is 2. The van der Waals surface area contributed by atoms with E-state index in [4.69, 9.17) is 4.74 Å². The molecule has 1 aromatic rings. The molecule has 14 heavy (non-hydrogen) atoms. The lowest BCUT2D eigenvalue weighted by Gasteiger charge is -2.24. The molecule has 1 aliphatic heterocycles. The van der Waals surface area contributed by atoms with Gasteiger partial charge in [-0.25, -0.2) is 0 Å². The first-order valence-electron chi connectivity index (χ1n) is 4.44. The molecule has 1 heterocycles. The zero-order valence-electron chi connectivity index (χ0n) is 7.70. The zero-order valence-corrected chi connectivity index (χ0v) is 10.1. The SMILES string of the molecule is Brc1ccccc1C1CNCCO1.Cl. The molecule has 1 atom stereocenters. The second-order valence-electron chi connectivity index (χ2n) is 3.09. The van der Waals surface area contributed by atoms with Crippen molar-refractivity contribution in [2.75, 3.05) is 19.7 Å². The minimum Gasteiger partial charge on any atom is -0.371 e. The first-order chi connectivity index (χ1) is 6.38. The Hall–Kier alpha value is -0.0900. The van der Waals surface area contributed by atoms with Crippen molar-refractivity contribution >= 4 is 28.3 Å². The van der Waals surface area contributed by atoms with Crippen LogP contribution in [0.4, 0.5) is 0 Å². The van der Waals surface area contributed by atoms with Crippen LogP contribution in [-0.2, 0) is 4.74 Å². The fourth-order valence-electron chi connectivity index (χ4n) is 1.50. The molecule has 0 saturated carbocycles. The van der Waals surface area contributed by atoms with Crippen molar-refractivity contribution < 1.29 is 4.74 Å². The van der Waals surface area contributed by atoms with Crippen molar-refractivity contribution in [1.82, 2.24) is 5.32 Å². The van der Waals surface area contributed by atoms with E-state index in [1.54, 1.807) is 0 Å². The smallest absolute Gasteiger partial charge is 0.0960 e. The van der Waals surface area contributed by atoms with Crippen LogP contribution in [0, 0.1) is 0 Å². The summed E-state index contributed by atoms with van der Waals surface area (Å²) in [7, 11) is 0. The van der Waals surface area contributed by atoms with Crippen molar-refractivity contribution in [2.24, 2.45) is 0 Å². The zero-order chi connectivity index (χ0) is 9.10. The summed E-state index contributed by atoms with van der Waals surface area (Å²) in [6.45, 7) is 2.66. The van der Waals surface area contributed by atoms with E-state index in [-0.39, 0.29) is 18.5 Å². The lowest BCUT2D eigenvalue weighted by atomic mass is 10.1. The number of hydrogen-bond donors (Lipinski definition) is 1. The normalized spacial score (nSPS) is 21.4. The van der Waals surface area contributed by atoms with Crippen LogP contribution in [0.25, 0.3) is 0 Å². The summed E-state index contributed by atoms with van der Waals surface area (Å²) in [6, 6.07) is 8.21. The quantitative estimate of drug-likeness (QED) is 0.852. The average molecular weight is 279 g/mol. The number of benzene rings is 1. The van der Waals surface area contributed by atoms with Gasteiger partial charge in [0.15, 0.2) is 0 Å². The van der Waals surface area contributed by atoms with Crippen molar-refractivity contribution in [2.45, 2.75) is 6.10 Å². The molecule has 1 fully saturated rings. The number of ether oxygens (including phenoxy) is 1. The van der Waals surface area contributed by atoms with Crippen LogP contribution in [0.5, 0.6) is 0 Å². The van der Waals surface area contributed by atoms with E-state index in [1.807, 2.05) is 18.2 Å². The fraction of sp³-hybridized carbons (Fsp3) is 0.400. The minimum absolute atomic E-state index is 0. The second-order valence-corrected chi connectivity index (χ2v) is 3.94. The lowest BCUT2D eigenvalue weighted by molar-refractivity contribution is 0.0272. The molecule has 1 unspecified atom stereocenters. The number of nitrogens with one attached hydrogen (secondary N) is 1. The second kappa shape index (κ2) is 5.71. The third kappa shape index (κ3) is 2.70. The van der Waals surface area contributed by atoms with Crippen LogP contribution in [0.2, 0.25) is 0 Å². The highest BCUT2D eigenvalue weighted by Crippen LogP contribution is 2.26. The van der Waals surface area contributed by atoms with E-state index in [2.05, 4.69) is 27.3 Å². The molecule has 0 radical (unpaired) electrons. The molecule has 4 heteroatoms. The third-order valence-electron chi connectivity index (χ3n) is 2.18. The maximum atomic E-state index is 5.65. The van der Waals surface area contributed by atoms with Gasteiger partial charge >= 0.3 is 0 Å². The van der Waals surface area contributed by atoms with E-state index in [1.165, 1.54) is 5.56 Å². The Morgan fingerprint density at radius 2 is 2.14 bits per heavy atom. The van der Waals surface area contributed by atoms with Gasteiger partial charge < -0.3 is 10.1 Å². The highest BCUT2D eigenvalue weighted by molar-refractivity contribution is 9.10. The molecular weight excluding hydrogens is 265 g/mol. The van der Waals surface area contributed by atoms with E-state index in [0.29, 0.717) is 0 Å². The van der Waals surface area contributed by atoms with Crippen LogP contribution >= 0.6 is 28.3 Å². The van der Waals surface area contributed by atoms with E-state index < -0.39 is 0 Å². The summed E-state index contributed by atoms with van der Waals surface area (Å²) in [5.74, 6) is 0. The number of halogens is 2. The Balaban J connectivity index is 0.000000980. The van der Waals surface area contributed by atoms with E-state index >= 15 is 0 Å². The number of rotatable bonds is 1. The standard InChI is InChI=1S/C10H12BrNO.ClH/c11-9-4-2-1-3-8(9)10-7-12-5-6-13-10;/h1-4,10,12H,5-7H2;1H. The fourth-order valence-corrected chi connectivity index (χ4v) is 2.04. The molecule has 0 aliphatic carbocycles. The van der Waals surface area contributed by atoms with E-state index in [9.17, 15) is 0 Å². The summed E-state index contributed by atoms with van der Waals surface area (Å²) in [6.07, 6.45) is 0.198. The Labute approximate surface area is 98.6 Å². The Morgan fingerprint density at radius 3 is 2.79 bits per heavy atom. The van der Waals surface area contributed by atoms with Crippen LogP contribution in [0.15, 0.2) is 28.7 Å². The molecule has 1 N–H and O–H groups in total. The van der Waals surface area contributed by atoms with Gasteiger partial charge in [-0.15, -0.1) is 12.4 Å². The molecule has 0 spiro atoms. The average Bonchev–Trinajstić information content (AvgIpc) is 2.20. The molecule has 2 rings (SSSR count). The van der Waals surface area contributed by atoms with Crippen molar-refractivity contribution in [3.05, 3.63) is 34.3 Å². The molecule has 1 saturated heterocycles. The van der Waals surface area contributed by atoms with Crippen molar-refractivity contribution in [1.29, 1.82) is 0 Å². The highest BCUT2D eigenvalue weighted by atomic mass is 79.9. The summed E-state index contributed by atoms with van der Waals surface area (Å²) in [5.41, 5.74) is 1.23. The first-order valence-corrected chi connectivity index (χ1v) is 5.24. The summed E-state index contributed by atoms with van der Waals surface area (Å²) >= 11 is 3.52. The van der Waals surface area contributed by atoms with Gasteiger partial charge in [-0.2, -0.15) is 0 Å². The molecule has 0 bridgehead atoms.